The number of rotatable bonds is 1. The molecule has 0 aromatic carbocycles. The molecule has 1 aromatic heterocycles. The summed E-state index contributed by atoms with van der Waals surface area (Å²) in [7, 11) is 0. The molecular weight excluding hydrogens is 190 g/mol. The van der Waals surface area contributed by atoms with Gasteiger partial charge in [-0.15, -0.1) is 11.6 Å². The predicted molar refractivity (Wildman–Crippen MR) is 48.8 cm³/mol. The largest absolute Gasteiger partial charge is 0.477 e. The van der Waals surface area contributed by atoms with Gasteiger partial charge in [-0.05, 0) is 12.1 Å². The van der Waals surface area contributed by atoms with Crippen LogP contribution in [0.2, 0.25) is 0 Å². The van der Waals surface area contributed by atoms with E-state index in [0.29, 0.717) is 5.56 Å². The molecule has 0 spiro atoms. The average Bonchev–Trinajstić information content (AvgIpc) is 2.15. The van der Waals surface area contributed by atoms with E-state index < -0.39 is 5.97 Å². The average molecular weight is 196 g/mol. The summed E-state index contributed by atoms with van der Waals surface area (Å²) in [6.07, 6.45) is 1.41. The highest BCUT2D eigenvalue weighted by Gasteiger charge is 2.01. The molecule has 1 rings (SSSR count). The summed E-state index contributed by atoms with van der Waals surface area (Å²) in [6, 6.07) is 3.00. The van der Waals surface area contributed by atoms with Gasteiger partial charge in [-0.1, -0.05) is 11.8 Å². The number of hydrogen-bond acceptors (Lipinski definition) is 2. The van der Waals surface area contributed by atoms with Crippen LogP contribution in [0.3, 0.4) is 0 Å². The van der Waals surface area contributed by atoms with Crippen LogP contribution in [-0.2, 0) is 0 Å². The lowest BCUT2D eigenvalue weighted by Crippen LogP contribution is -1.99. The van der Waals surface area contributed by atoms with E-state index in [9.17, 15) is 4.79 Å². The zero-order chi connectivity index (χ0) is 9.68. The smallest absolute Gasteiger partial charge is 0.354 e. The number of carbonyl (C=O) groups is 1. The van der Waals surface area contributed by atoms with Crippen LogP contribution < -0.4 is 0 Å². The SMILES string of the molecule is O=C(O)c1ccc(C#CCCl)cn1. The standard InChI is InChI=1S/C9H6ClNO2/c10-5-1-2-7-3-4-8(9(12)13)11-6-7/h3-4,6H,5H2,(H,12,13). The predicted octanol–water partition coefficient (Wildman–Crippen LogP) is 1.37. The van der Waals surface area contributed by atoms with Crippen LogP contribution in [0.15, 0.2) is 18.3 Å². The third kappa shape index (κ3) is 2.77. The van der Waals surface area contributed by atoms with E-state index in [-0.39, 0.29) is 11.6 Å². The van der Waals surface area contributed by atoms with Crippen LogP contribution in [0, 0.1) is 11.8 Å². The van der Waals surface area contributed by atoms with Gasteiger partial charge in [0.15, 0.2) is 0 Å². The molecule has 1 N–H and O–H groups in total. The highest BCUT2D eigenvalue weighted by molar-refractivity contribution is 6.19. The van der Waals surface area contributed by atoms with Crippen molar-refractivity contribution in [2.24, 2.45) is 0 Å². The molecule has 0 fully saturated rings. The van der Waals surface area contributed by atoms with E-state index in [1.165, 1.54) is 12.3 Å². The lowest BCUT2D eigenvalue weighted by Gasteiger charge is -1.92. The van der Waals surface area contributed by atoms with Crippen molar-refractivity contribution in [3.8, 4) is 11.8 Å². The minimum Gasteiger partial charge on any atom is -0.477 e. The fourth-order valence-electron chi connectivity index (χ4n) is 0.730. The third-order valence-electron chi connectivity index (χ3n) is 1.28. The van der Waals surface area contributed by atoms with Gasteiger partial charge in [0.05, 0.1) is 5.88 Å². The van der Waals surface area contributed by atoms with E-state index in [0.717, 1.165) is 0 Å². The molecule has 0 saturated heterocycles. The Hall–Kier alpha value is -1.53. The molecule has 0 aliphatic heterocycles. The Balaban J connectivity index is 2.87. The zero-order valence-electron chi connectivity index (χ0n) is 6.62. The second-order valence-electron chi connectivity index (χ2n) is 2.17. The second kappa shape index (κ2) is 4.48. The first kappa shape index (κ1) is 9.56. The first-order valence-corrected chi connectivity index (χ1v) is 4.01. The van der Waals surface area contributed by atoms with Crippen LogP contribution in [0.4, 0.5) is 0 Å². The zero-order valence-corrected chi connectivity index (χ0v) is 7.38. The van der Waals surface area contributed by atoms with Crippen molar-refractivity contribution < 1.29 is 9.90 Å². The van der Waals surface area contributed by atoms with Gasteiger partial charge in [0.2, 0.25) is 0 Å². The quantitative estimate of drug-likeness (QED) is 0.544. The van der Waals surface area contributed by atoms with Crippen LogP contribution in [0.1, 0.15) is 16.1 Å². The maximum Gasteiger partial charge on any atom is 0.354 e. The number of halogens is 1. The summed E-state index contributed by atoms with van der Waals surface area (Å²) in [5.74, 6) is 4.57. The van der Waals surface area contributed by atoms with Crippen LogP contribution in [0.25, 0.3) is 0 Å². The van der Waals surface area contributed by atoms with Gasteiger partial charge in [-0.25, -0.2) is 9.78 Å². The van der Waals surface area contributed by atoms with E-state index in [1.807, 2.05) is 0 Å². The van der Waals surface area contributed by atoms with Crippen molar-refractivity contribution in [1.82, 2.24) is 4.98 Å². The number of hydrogen-bond donors (Lipinski definition) is 1. The molecule has 0 saturated carbocycles. The normalized spacial score (nSPS) is 8.69. The summed E-state index contributed by atoms with van der Waals surface area (Å²) in [4.78, 5) is 14.1. The fourth-order valence-corrected chi connectivity index (χ4v) is 0.797. The molecule has 0 amide bonds. The Kier molecular flexibility index (Phi) is 3.30. The maximum absolute atomic E-state index is 10.4. The van der Waals surface area contributed by atoms with Gasteiger partial charge in [0.25, 0.3) is 0 Å². The van der Waals surface area contributed by atoms with Crippen molar-refractivity contribution in [3.63, 3.8) is 0 Å². The lowest BCUT2D eigenvalue weighted by atomic mass is 10.2. The van der Waals surface area contributed by atoms with Gasteiger partial charge in [0.1, 0.15) is 5.69 Å². The lowest BCUT2D eigenvalue weighted by molar-refractivity contribution is 0.0690. The maximum atomic E-state index is 10.4. The number of alkyl halides is 1. The molecule has 13 heavy (non-hydrogen) atoms. The van der Waals surface area contributed by atoms with Crippen molar-refractivity contribution in [1.29, 1.82) is 0 Å². The molecule has 3 nitrogen and oxygen atoms in total. The number of carboxylic acids is 1. The minimum absolute atomic E-state index is 0.0106. The van der Waals surface area contributed by atoms with Gasteiger partial charge in [0, 0.05) is 11.8 Å². The molecule has 1 heterocycles. The monoisotopic (exact) mass is 195 g/mol. The molecule has 1 aromatic rings. The summed E-state index contributed by atoms with van der Waals surface area (Å²) in [5.41, 5.74) is 0.669. The summed E-state index contributed by atoms with van der Waals surface area (Å²) >= 11 is 5.35. The highest BCUT2D eigenvalue weighted by atomic mass is 35.5. The third-order valence-corrected chi connectivity index (χ3v) is 1.42. The first-order valence-electron chi connectivity index (χ1n) is 3.48. The first-order chi connectivity index (χ1) is 6.24. The minimum atomic E-state index is -1.04. The molecule has 0 aliphatic rings. The molecule has 0 radical (unpaired) electrons. The van der Waals surface area contributed by atoms with Gasteiger partial charge >= 0.3 is 5.97 Å². The van der Waals surface area contributed by atoms with E-state index in [1.54, 1.807) is 6.07 Å². The van der Waals surface area contributed by atoms with Crippen LogP contribution in [-0.4, -0.2) is 21.9 Å². The molecule has 4 heteroatoms. The molecule has 0 unspecified atom stereocenters. The van der Waals surface area contributed by atoms with Crippen molar-refractivity contribution in [2.75, 3.05) is 5.88 Å². The molecular formula is C9H6ClNO2. The highest BCUT2D eigenvalue weighted by Crippen LogP contribution is 1.98. The van der Waals surface area contributed by atoms with Crippen LogP contribution >= 0.6 is 11.6 Å². The summed E-state index contributed by atoms with van der Waals surface area (Å²) in [6.45, 7) is 0. The fraction of sp³-hybridized carbons (Fsp3) is 0.111. The van der Waals surface area contributed by atoms with E-state index in [2.05, 4.69) is 16.8 Å². The Morgan fingerprint density at radius 1 is 1.62 bits per heavy atom. The number of aromatic nitrogens is 1. The molecule has 0 aliphatic carbocycles. The second-order valence-corrected chi connectivity index (χ2v) is 2.44. The summed E-state index contributed by atoms with van der Waals surface area (Å²) in [5, 5.41) is 8.53. The Morgan fingerprint density at radius 3 is 2.85 bits per heavy atom. The van der Waals surface area contributed by atoms with E-state index in [4.69, 9.17) is 16.7 Å². The van der Waals surface area contributed by atoms with Crippen LogP contribution in [0.5, 0.6) is 0 Å². The van der Waals surface area contributed by atoms with Crippen molar-refractivity contribution in [3.05, 3.63) is 29.6 Å². The number of aromatic carboxylic acids is 1. The Bertz CT molecular complexity index is 361. The Labute approximate surface area is 80.4 Å². The molecule has 0 atom stereocenters. The van der Waals surface area contributed by atoms with Crippen molar-refractivity contribution in [2.45, 2.75) is 0 Å². The number of pyridine rings is 1. The number of nitrogens with zero attached hydrogens (tertiary/aromatic N) is 1. The van der Waals surface area contributed by atoms with Gasteiger partial charge in [-0.3, -0.25) is 0 Å². The molecule has 66 valence electrons. The van der Waals surface area contributed by atoms with Crippen molar-refractivity contribution >= 4 is 17.6 Å². The molecule has 0 bridgehead atoms. The summed E-state index contributed by atoms with van der Waals surface area (Å²) < 4.78 is 0. The van der Waals surface area contributed by atoms with Gasteiger partial charge < -0.3 is 5.11 Å². The topological polar surface area (TPSA) is 50.2 Å². The Morgan fingerprint density at radius 2 is 2.38 bits per heavy atom. The van der Waals surface area contributed by atoms with Gasteiger partial charge in [-0.2, -0.15) is 0 Å². The number of carboxylic acid groups (broad SMARTS) is 1. The van der Waals surface area contributed by atoms with E-state index >= 15 is 0 Å².